The largest absolute Gasteiger partial charge is 0.355 e. The van der Waals surface area contributed by atoms with Crippen molar-refractivity contribution >= 4 is 40.2 Å². The van der Waals surface area contributed by atoms with Crippen molar-refractivity contribution in [2.45, 2.75) is 26.7 Å². The predicted molar refractivity (Wildman–Crippen MR) is 181 cm³/mol. The average Bonchev–Trinajstić information content (AvgIpc) is 3.01. The van der Waals surface area contributed by atoms with Crippen molar-refractivity contribution < 1.29 is 0 Å². The van der Waals surface area contributed by atoms with Crippen LogP contribution in [0.15, 0.2) is 138 Å². The van der Waals surface area contributed by atoms with E-state index in [1.165, 1.54) is 28.7 Å². The molecule has 0 aromatic heterocycles. The summed E-state index contributed by atoms with van der Waals surface area (Å²) in [6.07, 6.45) is 6.78. The number of nitrogens with zero attached hydrogens (tertiary/aromatic N) is 1. The quantitative estimate of drug-likeness (QED) is 0.190. The van der Waals surface area contributed by atoms with Crippen LogP contribution in [-0.4, -0.2) is 6.21 Å². The molecule has 2 N–H and O–H groups in total. The molecule has 0 fully saturated rings. The van der Waals surface area contributed by atoms with Crippen LogP contribution in [0.3, 0.4) is 0 Å². The zero-order chi connectivity index (χ0) is 28.7. The smallest absolute Gasteiger partial charge is 0.0864 e. The number of allylic oxidation sites excluding steroid dienone is 2. The van der Waals surface area contributed by atoms with Crippen molar-refractivity contribution in [2.75, 3.05) is 10.6 Å². The number of rotatable bonds is 8. The van der Waals surface area contributed by atoms with Crippen LogP contribution in [0.2, 0.25) is 0 Å². The van der Waals surface area contributed by atoms with Gasteiger partial charge in [0.25, 0.3) is 0 Å². The monoisotopic (exact) mass is 547 g/mol. The number of hydrogen-bond acceptors (Lipinski definition) is 3. The lowest BCUT2D eigenvalue weighted by atomic mass is 9.81. The predicted octanol–water partition coefficient (Wildman–Crippen LogP) is 11.0. The third kappa shape index (κ3) is 6.70. The molecule has 0 spiro atoms. The van der Waals surface area contributed by atoms with Crippen LogP contribution in [0.4, 0.5) is 28.4 Å². The first-order valence-electron chi connectivity index (χ1n) is 14.8. The van der Waals surface area contributed by atoms with Gasteiger partial charge in [-0.3, -0.25) is 4.99 Å². The summed E-state index contributed by atoms with van der Waals surface area (Å²) in [5.74, 6) is 1.31. The molecule has 1 unspecified atom stereocenters. The molecule has 42 heavy (non-hydrogen) atoms. The van der Waals surface area contributed by atoms with Crippen molar-refractivity contribution in [1.82, 2.24) is 0 Å². The van der Waals surface area contributed by atoms with E-state index in [0.29, 0.717) is 11.8 Å². The summed E-state index contributed by atoms with van der Waals surface area (Å²) < 4.78 is 0. The molecule has 0 saturated carbocycles. The van der Waals surface area contributed by atoms with E-state index in [1.807, 2.05) is 42.6 Å². The van der Waals surface area contributed by atoms with Gasteiger partial charge in [-0.2, -0.15) is 0 Å². The van der Waals surface area contributed by atoms with Crippen molar-refractivity contribution in [3.8, 4) is 11.1 Å². The van der Waals surface area contributed by atoms with Gasteiger partial charge in [0, 0.05) is 28.8 Å². The summed E-state index contributed by atoms with van der Waals surface area (Å²) in [7, 11) is 0. The van der Waals surface area contributed by atoms with Crippen molar-refractivity contribution in [3.05, 3.63) is 145 Å². The molecule has 6 rings (SSSR count). The van der Waals surface area contributed by atoms with E-state index in [2.05, 4.69) is 122 Å². The Morgan fingerprint density at radius 3 is 2.17 bits per heavy atom. The van der Waals surface area contributed by atoms with Gasteiger partial charge < -0.3 is 10.6 Å². The van der Waals surface area contributed by atoms with E-state index in [1.54, 1.807) is 0 Å². The van der Waals surface area contributed by atoms with E-state index in [0.717, 1.165) is 40.4 Å². The molecule has 5 aromatic carbocycles. The van der Waals surface area contributed by atoms with Gasteiger partial charge in [-0.15, -0.1) is 0 Å². The second kappa shape index (κ2) is 12.7. The summed E-state index contributed by atoms with van der Waals surface area (Å²) in [6, 6.07) is 44.2. The molecular formula is C39H37N3. The van der Waals surface area contributed by atoms with E-state index in [9.17, 15) is 0 Å². The van der Waals surface area contributed by atoms with E-state index in [-0.39, 0.29) is 0 Å². The first-order chi connectivity index (χ1) is 20.6. The van der Waals surface area contributed by atoms with Crippen LogP contribution in [0.5, 0.6) is 0 Å². The zero-order valence-electron chi connectivity index (χ0n) is 24.3. The van der Waals surface area contributed by atoms with Gasteiger partial charge in [0.05, 0.1) is 11.4 Å². The van der Waals surface area contributed by atoms with Gasteiger partial charge in [-0.05, 0) is 89.4 Å². The van der Waals surface area contributed by atoms with E-state index < -0.39 is 0 Å². The van der Waals surface area contributed by atoms with E-state index >= 15 is 0 Å². The Morgan fingerprint density at radius 1 is 0.643 bits per heavy atom. The zero-order valence-corrected chi connectivity index (χ0v) is 24.3. The number of nitrogens with one attached hydrogen (secondary N) is 2. The Balaban J connectivity index is 1.29. The highest BCUT2D eigenvalue weighted by molar-refractivity contribution is 5.88. The molecule has 3 heteroatoms. The fraction of sp³-hybridized carbons (Fsp3) is 0.154. The lowest BCUT2D eigenvalue weighted by Crippen LogP contribution is -2.09. The molecular weight excluding hydrogens is 510 g/mol. The Kier molecular flexibility index (Phi) is 8.28. The second-order valence-electron chi connectivity index (χ2n) is 11.4. The van der Waals surface area contributed by atoms with Gasteiger partial charge in [-0.25, -0.2) is 0 Å². The van der Waals surface area contributed by atoms with Crippen LogP contribution in [-0.2, 0) is 0 Å². The summed E-state index contributed by atoms with van der Waals surface area (Å²) >= 11 is 0. The van der Waals surface area contributed by atoms with Crippen LogP contribution in [0.25, 0.3) is 16.7 Å². The topological polar surface area (TPSA) is 36.4 Å². The van der Waals surface area contributed by atoms with Gasteiger partial charge in [0.1, 0.15) is 0 Å². The minimum Gasteiger partial charge on any atom is -0.355 e. The molecule has 0 bridgehead atoms. The summed E-state index contributed by atoms with van der Waals surface area (Å²) in [4.78, 5) is 4.85. The number of anilines is 4. The fourth-order valence-electron chi connectivity index (χ4n) is 5.87. The summed E-state index contributed by atoms with van der Waals surface area (Å²) in [5.41, 5.74) is 11.2. The first-order valence-corrected chi connectivity index (χ1v) is 14.8. The second-order valence-corrected chi connectivity index (χ2v) is 11.4. The van der Waals surface area contributed by atoms with Crippen molar-refractivity contribution in [2.24, 2.45) is 16.8 Å². The van der Waals surface area contributed by atoms with Crippen molar-refractivity contribution in [3.63, 3.8) is 0 Å². The molecule has 3 nitrogen and oxygen atoms in total. The molecule has 0 amide bonds. The minimum absolute atomic E-state index is 0.609. The van der Waals surface area contributed by atoms with E-state index in [4.69, 9.17) is 4.99 Å². The molecule has 0 aliphatic heterocycles. The maximum Gasteiger partial charge on any atom is 0.0864 e. The number of para-hydroxylation sites is 3. The lowest BCUT2D eigenvalue weighted by molar-refractivity contribution is 0.457. The molecule has 1 aliphatic carbocycles. The Hall–Kier alpha value is -4.89. The molecule has 0 saturated heterocycles. The lowest BCUT2D eigenvalue weighted by Gasteiger charge is -2.25. The Labute approximate surface area is 249 Å². The average molecular weight is 548 g/mol. The molecule has 1 aliphatic rings. The van der Waals surface area contributed by atoms with Crippen LogP contribution >= 0.6 is 0 Å². The minimum atomic E-state index is 0.609. The first kappa shape index (κ1) is 27.3. The van der Waals surface area contributed by atoms with Gasteiger partial charge >= 0.3 is 0 Å². The van der Waals surface area contributed by atoms with Crippen molar-refractivity contribution in [1.29, 1.82) is 0 Å². The third-order valence-electron chi connectivity index (χ3n) is 7.78. The van der Waals surface area contributed by atoms with Gasteiger partial charge in [0.15, 0.2) is 0 Å². The highest BCUT2D eigenvalue weighted by Crippen LogP contribution is 2.38. The number of benzene rings is 5. The summed E-state index contributed by atoms with van der Waals surface area (Å²) in [6.45, 7) is 4.69. The highest BCUT2D eigenvalue weighted by Gasteiger charge is 2.18. The highest BCUT2D eigenvalue weighted by atomic mass is 14.9. The molecule has 0 radical (unpaired) electrons. The molecule has 5 aromatic rings. The fourth-order valence-corrected chi connectivity index (χ4v) is 5.87. The van der Waals surface area contributed by atoms with Gasteiger partial charge in [-0.1, -0.05) is 105 Å². The Morgan fingerprint density at radius 2 is 1.36 bits per heavy atom. The maximum atomic E-state index is 4.85. The van der Waals surface area contributed by atoms with Crippen LogP contribution < -0.4 is 10.6 Å². The maximum absolute atomic E-state index is 4.85. The van der Waals surface area contributed by atoms with Gasteiger partial charge in [0.2, 0.25) is 0 Å². The standard InChI is InChI=1S/C39H37N3/c1-28-22-29(2)24-33(23-28)32-20-21-36(31-13-5-3-6-14-31)39(26-32)42-35-17-11-12-30(25-35)27-40-37-18-9-10-19-38(37)41-34-15-7-4-8-16-34/h3-21,23,25-29,41-42H,22,24H2,1-2H3/t28?,29-/m1/s1. The number of hydrogen-bond donors (Lipinski definition) is 2. The normalized spacial score (nSPS) is 16.7. The number of aliphatic imine (C=N–C) groups is 1. The van der Waals surface area contributed by atoms with Crippen LogP contribution in [0.1, 0.15) is 37.8 Å². The van der Waals surface area contributed by atoms with Crippen LogP contribution in [0, 0.1) is 11.8 Å². The molecule has 2 atom stereocenters. The third-order valence-corrected chi connectivity index (χ3v) is 7.78. The summed E-state index contributed by atoms with van der Waals surface area (Å²) in [5, 5.41) is 7.24. The molecule has 208 valence electrons. The SMILES string of the molecule is CC1C=C(c2ccc(-c3ccccc3)c(Nc3cccc(C=Nc4ccccc4Nc4ccccc4)c3)c2)C[C@H](C)C1. The molecule has 0 heterocycles. The Bertz CT molecular complexity index is 1700.